The van der Waals surface area contributed by atoms with Gasteiger partial charge in [0.05, 0.1) is 17.2 Å². The molecule has 21 heavy (non-hydrogen) atoms. The molecule has 2 rings (SSSR count). The number of anilines is 1. The molecule has 0 spiro atoms. The van der Waals surface area contributed by atoms with Gasteiger partial charge in [-0.3, -0.25) is 15.5 Å². The zero-order chi connectivity index (χ0) is 15.6. The summed E-state index contributed by atoms with van der Waals surface area (Å²) in [5.41, 5.74) is 1.82. The molecule has 3 N–H and O–H groups in total. The predicted octanol–water partition coefficient (Wildman–Crippen LogP) is 2.05. The Hall–Kier alpha value is -2.88. The quantitative estimate of drug-likeness (QED) is 0.504. The van der Waals surface area contributed by atoms with Crippen molar-refractivity contribution in [2.24, 2.45) is 5.84 Å². The van der Waals surface area contributed by atoms with Gasteiger partial charge in [-0.05, 0) is 13.0 Å². The van der Waals surface area contributed by atoms with Crippen LogP contribution in [0.3, 0.4) is 0 Å². The Kier molecular flexibility index (Phi) is 3.89. The summed E-state index contributed by atoms with van der Waals surface area (Å²) in [6.45, 7) is 1.40. The summed E-state index contributed by atoms with van der Waals surface area (Å²) in [6.07, 6.45) is 0.785. The van der Waals surface area contributed by atoms with Crippen LogP contribution in [-0.2, 0) is 0 Å². The van der Waals surface area contributed by atoms with Crippen molar-refractivity contribution >= 4 is 11.6 Å². The summed E-state index contributed by atoms with van der Waals surface area (Å²) in [7, 11) is 0. The van der Waals surface area contributed by atoms with Gasteiger partial charge in [0.2, 0.25) is 11.8 Å². The molecule has 1 heterocycles. The van der Waals surface area contributed by atoms with Crippen LogP contribution in [0.1, 0.15) is 5.56 Å². The largest absolute Gasteiger partial charge is 0.433 e. The first-order valence-electron chi connectivity index (χ1n) is 5.54. The van der Waals surface area contributed by atoms with Gasteiger partial charge in [-0.1, -0.05) is 0 Å². The van der Waals surface area contributed by atoms with Gasteiger partial charge >= 0.3 is 0 Å². The lowest BCUT2D eigenvalue weighted by Gasteiger charge is -2.08. The van der Waals surface area contributed by atoms with Crippen LogP contribution in [0.5, 0.6) is 11.6 Å². The van der Waals surface area contributed by atoms with E-state index in [0.717, 1.165) is 12.3 Å². The number of hydrazine groups is 1. The number of ether oxygens (including phenoxy) is 1. The molecule has 0 fully saturated rings. The van der Waals surface area contributed by atoms with E-state index in [4.69, 9.17) is 10.6 Å². The fourth-order valence-corrected chi connectivity index (χ4v) is 1.52. The van der Waals surface area contributed by atoms with Gasteiger partial charge < -0.3 is 4.74 Å². The van der Waals surface area contributed by atoms with Crippen molar-refractivity contribution in [1.82, 2.24) is 9.97 Å². The Bertz CT molecular complexity index is 710. The van der Waals surface area contributed by atoms with Crippen LogP contribution in [0.15, 0.2) is 18.3 Å². The number of rotatable bonds is 4. The Balaban J connectivity index is 2.40. The summed E-state index contributed by atoms with van der Waals surface area (Å²) < 4.78 is 32.2. The monoisotopic (exact) mass is 297 g/mol. The maximum absolute atomic E-state index is 13.8. The molecule has 10 heteroatoms. The maximum atomic E-state index is 13.8. The summed E-state index contributed by atoms with van der Waals surface area (Å²) >= 11 is 0. The third kappa shape index (κ3) is 3.00. The van der Waals surface area contributed by atoms with Crippen molar-refractivity contribution in [3.63, 3.8) is 0 Å². The van der Waals surface area contributed by atoms with Gasteiger partial charge in [0, 0.05) is 5.56 Å². The number of nitrogens with zero attached hydrogens (tertiary/aromatic N) is 3. The minimum absolute atomic E-state index is 0.134. The topological polar surface area (TPSA) is 116 Å². The molecule has 0 unspecified atom stereocenters. The fourth-order valence-electron chi connectivity index (χ4n) is 1.52. The van der Waals surface area contributed by atoms with E-state index in [1.165, 1.54) is 6.92 Å². The lowest BCUT2D eigenvalue weighted by atomic mass is 10.2. The van der Waals surface area contributed by atoms with E-state index in [2.05, 4.69) is 15.4 Å². The zero-order valence-electron chi connectivity index (χ0n) is 10.6. The van der Waals surface area contributed by atoms with Crippen LogP contribution < -0.4 is 16.0 Å². The second-order valence-electron chi connectivity index (χ2n) is 3.92. The number of aromatic nitrogens is 2. The van der Waals surface area contributed by atoms with Crippen molar-refractivity contribution in [3.05, 3.63) is 45.6 Å². The molecule has 0 saturated heterocycles. The number of nitrogen functional groups attached to an aromatic ring is 1. The van der Waals surface area contributed by atoms with Crippen LogP contribution >= 0.6 is 0 Å². The fraction of sp³-hybridized carbons (Fsp3) is 0.0909. The Morgan fingerprint density at radius 1 is 1.38 bits per heavy atom. The molecule has 0 amide bonds. The third-order valence-electron chi connectivity index (χ3n) is 2.49. The molecule has 110 valence electrons. The third-order valence-corrected chi connectivity index (χ3v) is 2.49. The molecule has 0 aliphatic rings. The van der Waals surface area contributed by atoms with Crippen LogP contribution in [0, 0.1) is 28.7 Å². The molecule has 0 bridgehead atoms. The standard InChI is InChI=1S/C11H9F2N5O3/c1-5-2-9(6(12)3-8(5)18(19)20)21-10-7(13)4-15-11(16-10)17-14/h2-4H,14H2,1H3,(H,15,16,17). The first-order valence-corrected chi connectivity index (χ1v) is 5.54. The number of hydrogen-bond acceptors (Lipinski definition) is 7. The zero-order valence-corrected chi connectivity index (χ0v) is 10.6. The summed E-state index contributed by atoms with van der Waals surface area (Å²) in [4.78, 5) is 17.0. The lowest BCUT2D eigenvalue weighted by Crippen LogP contribution is -2.11. The van der Waals surface area contributed by atoms with Crippen LogP contribution in [-0.4, -0.2) is 14.9 Å². The molecular formula is C11H9F2N5O3. The van der Waals surface area contributed by atoms with Crippen LogP contribution in [0.4, 0.5) is 20.4 Å². The molecule has 0 aliphatic heterocycles. The highest BCUT2D eigenvalue weighted by Gasteiger charge is 2.18. The van der Waals surface area contributed by atoms with Crippen molar-refractivity contribution in [1.29, 1.82) is 0 Å². The molecular weight excluding hydrogens is 288 g/mol. The molecule has 0 aliphatic carbocycles. The van der Waals surface area contributed by atoms with E-state index in [1.54, 1.807) is 0 Å². The number of nitro benzene ring substituents is 1. The first-order chi connectivity index (χ1) is 9.92. The highest BCUT2D eigenvalue weighted by molar-refractivity contribution is 5.46. The molecule has 2 aromatic rings. The lowest BCUT2D eigenvalue weighted by molar-refractivity contribution is -0.385. The van der Waals surface area contributed by atoms with E-state index in [1.807, 2.05) is 0 Å². The number of nitro groups is 1. The predicted molar refractivity (Wildman–Crippen MR) is 67.7 cm³/mol. The maximum Gasteiger partial charge on any atom is 0.275 e. The summed E-state index contributed by atoms with van der Waals surface area (Å²) in [5, 5.41) is 10.7. The first kappa shape index (κ1) is 14.5. The molecule has 1 aromatic heterocycles. The van der Waals surface area contributed by atoms with E-state index in [-0.39, 0.29) is 11.5 Å². The number of hydrogen-bond donors (Lipinski definition) is 2. The number of benzene rings is 1. The van der Waals surface area contributed by atoms with E-state index >= 15 is 0 Å². The van der Waals surface area contributed by atoms with Crippen LogP contribution in [0.2, 0.25) is 0 Å². The SMILES string of the molecule is Cc1cc(Oc2nc(NN)ncc2F)c(F)cc1[N+](=O)[O-]. The number of nitrogens with one attached hydrogen (secondary N) is 1. The molecule has 0 atom stereocenters. The van der Waals surface area contributed by atoms with Gasteiger partial charge in [0.1, 0.15) is 0 Å². The van der Waals surface area contributed by atoms with Gasteiger partial charge in [-0.25, -0.2) is 15.2 Å². The highest BCUT2D eigenvalue weighted by Crippen LogP contribution is 2.30. The summed E-state index contributed by atoms with van der Waals surface area (Å²) in [5.74, 6) is 2.00. The van der Waals surface area contributed by atoms with Crippen molar-refractivity contribution < 1.29 is 18.4 Å². The van der Waals surface area contributed by atoms with Gasteiger partial charge in [0.25, 0.3) is 11.6 Å². The minimum atomic E-state index is -1.02. The molecule has 0 radical (unpaired) electrons. The smallest absolute Gasteiger partial charge is 0.275 e. The number of aryl methyl sites for hydroxylation is 1. The highest BCUT2D eigenvalue weighted by atomic mass is 19.1. The van der Waals surface area contributed by atoms with Gasteiger partial charge in [-0.15, -0.1) is 0 Å². The number of halogens is 2. The van der Waals surface area contributed by atoms with E-state index in [0.29, 0.717) is 6.07 Å². The normalized spacial score (nSPS) is 10.3. The van der Waals surface area contributed by atoms with Gasteiger partial charge in [-0.2, -0.15) is 9.37 Å². The van der Waals surface area contributed by atoms with Crippen molar-refractivity contribution in [2.45, 2.75) is 6.92 Å². The average Bonchev–Trinajstić information content (AvgIpc) is 2.44. The van der Waals surface area contributed by atoms with Gasteiger partial charge in [0.15, 0.2) is 11.6 Å². The summed E-state index contributed by atoms with van der Waals surface area (Å²) in [6, 6.07) is 1.76. The van der Waals surface area contributed by atoms with Crippen molar-refractivity contribution in [2.75, 3.05) is 5.43 Å². The molecule has 0 saturated carbocycles. The Morgan fingerprint density at radius 3 is 2.71 bits per heavy atom. The number of nitrogens with two attached hydrogens (primary N) is 1. The average molecular weight is 297 g/mol. The van der Waals surface area contributed by atoms with E-state index in [9.17, 15) is 18.9 Å². The second-order valence-corrected chi connectivity index (χ2v) is 3.92. The Labute approximate surface area is 116 Å². The van der Waals surface area contributed by atoms with E-state index < -0.39 is 33.9 Å². The van der Waals surface area contributed by atoms with Crippen LogP contribution in [0.25, 0.3) is 0 Å². The molecule has 8 nitrogen and oxygen atoms in total. The molecule has 1 aromatic carbocycles. The minimum Gasteiger partial charge on any atom is -0.433 e. The van der Waals surface area contributed by atoms with Crippen molar-refractivity contribution in [3.8, 4) is 11.6 Å². The second kappa shape index (κ2) is 5.63. The Morgan fingerprint density at radius 2 is 2.10 bits per heavy atom.